The molecule has 0 fully saturated rings. The van der Waals surface area contributed by atoms with Crippen LogP contribution in [0.5, 0.6) is 0 Å². The standard InChI is InChI=1S/C9H10F2N2O2S/c1-2-3-13-16(14,15)8-5-6(12)4-7(10)9(8)11/h2,4-5,13H,1,3,12H2. The predicted octanol–water partition coefficient (Wildman–Crippen LogP) is 1.01. The van der Waals surface area contributed by atoms with E-state index >= 15 is 0 Å². The Morgan fingerprint density at radius 3 is 2.62 bits per heavy atom. The zero-order chi connectivity index (χ0) is 12.3. The zero-order valence-electron chi connectivity index (χ0n) is 8.20. The minimum atomic E-state index is -4.11. The Kier molecular flexibility index (Phi) is 3.61. The molecule has 3 N–H and O–H groups in total. The van der Waals surface area contributed by atoms with Crippen molar-refractivity contribution in [2.45, 2.75) is 4.90 Å². The largest absolute Gasteiger partial charge is 0.399 e. The van der Waals surface area contributed by atoms with Crippen LogP contribution < -0.4 is 10.5 Å². The molecule has 0 aliphatic rings. The number of hydrogen-bond acceptors (Lipinski definition) is 3. The lowest BCUT2D eigenvalue weighted by Crippen LogP contribution is -2.25. The van der Waals surface area contributed by atoms with E-state index in [1.165, 1.54) is 6.08 Å². The third-order valence-electron chi connectivity index (χ3n) is 1.72. The summed E-state index contributed by atoms with van der Waals surface area (Å²) in [4.78, 5) is -0.813. The smallest absolute Gasteiger partial charge is 0.243 e. The summed E-state index contributed by atoms with van der Waals surface area (Å²) >= 11 is 0. The van der Waals surface area contributed by atoms with E-state index in [1.807, 2.05) is 4.72 Å². The van der Waals surface area contributed by atoms with E-state index in [0.717, 1.165) is 6.07 Å². The first-order chi connectivity index (χ1) is 7.38. The molecule has 7 heteroatoms. The van der Waals surface area contributed by atoms with Gasteiger partial charge < -0.3 is 5.73 Å². The van der Waals surface area contributed by atoms with Crippen molar-refractivity contribution in [3.63, 3.8) is 0 Å². The number of halogens is 2. The van der Waals surface area contributed by atoms with Gasteiger partial charge in [-0.05, 0) is 12.1 Å². The first-order valence-corrected chi connectivity index (χ1v) is 5.72. The number of benzene rings is 1. The van der Waals surface area contributed by atoms with Gasteiger partial charge in [0.1, 0.15) is 4.90 Å². The molecule has 0 radical (unpaired) electrons. The van der Waals surface area contributed by atoms with E-state index < -0.39 is 26.6 Å². The van der Waals surface area contributed by atoms with E-state index in [0.29, 0.717) is 6.07 Å². The number of nitrogens with one attached hydrogen (secondary N) is 1. The van der Waals surface area contributed by atoms with Crippen LogP contribution in [0.25, 0.3) is 0 Å². The summed E-state index contributed by atoms with van der Waals surface area (Å²) in [6.07, 6.45) is 1.28. The maximum absolute atomic E-state index is 13.2. The van der Waals surface area contributed by atoms with Crippen molar-refractivity contribution in [2.75, 3.05) is 12.3 Å². The van der Waals surface area contributed by atoms with Crippen molar-refractivity contribution < 1.29 is 17.2 Å². The van der Waals surface area contributed by atoms with E-state index in [4.69, 9.17) is 5.73 Å². The number of anilines is 1. The number of rotatable bonds is 4. The molecule has 88 valence electrons. The maximum Gasteiger partial charge on any atom is 0.243 e. The average Bonchev–Trinajstić information content (AvgIpc) is 2.20. The molecule has 0 aromatic heterocycles. The van der Waals surface area contributed by atoms with Crippen LogP contribution in [0.2, 0.25) is 0 Å². The van der Waals surface area contributed by atoms with Crippen LogP contribution in [0, 0.1) is 11.6 Å². The first-order valence-electron chi connectivity index (χ1n) is 4.23. The van der Waals surface area contributed by atoms with Gasteiger partial charge in [0.2, 0.25) is 10.0 Å². The number of sulfonamides is 1. The quantitative estimate of drug-likeness (QED) is 0.617. The van der Waals surface area contributed by atoms with Crippen LogP contribution in [0.3, 0.4) is 0 Å². The van der Waals surface area contributed by atoms with Gasteiger partial charge in [-0.3, -0.25) is 0 Å². The van der Waals surface area contributed by atoms with Gasteiger partial charge in [-0.1, -0.05) is 6.08 Å². The van der Waals surface area contributed by atoms with Crippen molar-refractivity contribution in [3.8, 4) is 0 Å². The molecule has 1 aromatic carbocycles. The maximum atomic E-state index is 13.2. The summed E-state index contributed by atoms with van der Waals surface area (Å²) < 4.78 is 51.2. The minimum Gasteiger partial charge on any atom is -0.399 e. The fourth-order valence-corrected chi connectivity index (χ4v) is 2.14. The van der Waals surface area contributed by atoms with Gasteiger partial charge in [0.25, 0.3) is 0 Å². The molecule has 0 aliphatic heterocycles. The summed E-state index contributed by atoms with van der Waals surface area (Å²) in [6, 6.07) is 1.56. The molecular formula is C9H10F2N2O2S. The Labute approximate surface area is 91.8 Å². The summed E-state index contributed by atoms with van der Waals surface area (Å²) in [7, 11) is -4.11. The predicted molar refractivity (Wildman–Crippen MR) is 56.2 cm³/mol. The van der Waals surface area contributed by atoms with Crippen molar-refractivity contribution in [3.05, 3.63) is 36.4 Å². The second-order valence-electron chi connectivity index (χ2n) is 2.96. The van der Waals surface area contributed by atoms with E-state index in [-0.39, 0.29) is 12.2 Å². The van der Waals surface area contributed by atoms with Crippen molar-refractivity contribution in [1.29, 1.82) is 0 Å². The summed E-state index contributed by atoms with van der Waals surface area (Å²) in [6.45, 7) is 3.21. The highest BCUT2D eigenvalue weighted by molar-refractivity contribution is 7.89. The van der Waals surface area contributed by atoms with Crippen molar-refractivity contribution in [2.24, 2.45) is 0 Å². The van der Waals surface area contributed by atoms with E-state index in [1.54, 1.807) is 0 Å². The molecule has 0 aliphatic carbocycles. The lowest BCUT2D eigenvalue weighted by atomic mass is 10.3. The Balaban J connectivity index is 3.27. The second-order valence-corrected chi connectivity index (χ2v) is 4.69. The molecule has 0 unspecified atom stereocenters. The van der Waals surface area contributed by atoms with E-state index in [9.17, 15) is 17.2 Å². The van der Waals surface area contributed by atoms with Crippen molar-refractivity contribution >= 4 is 15.7 Å². The highest BCUT2D eigenvalue weighted by Gasteiger charge is 2.21. The van der Waals surface area contributed by atoms with Crippen LogP contribution in [0.15, 0.2) is 29.7 Å². The van der Waals surface area contributed by atoms with Gasteiger partial charge in [0.15, 0.2) is 11.6 Å². The van der Waals surface area contributed by atoms with Crippen LogP contribution in [-0.4, -0.2) is 15.0 Å². The Bertz CT molecular complexity index is 514. The van der Waals surface area contributed by atoms with Gasteiger partial charge >= 0.3 is 0 Å². The Morgan fingerprint density at radius 2 is 2.06 bits per heavy atom. The van der Waals surface area contributed by atoms with Gasteiger partial charge in [-0.2, -0.15) is 0 Å². The van der Waals surface area contributed by atoms with Crippen LogP contribution in [0.4, 0.5) is 14.5 Å². The monoisotopic (exact) mass is 248 g/mol. The molecule has 0 bridgehead atoms. The minimum absolute atomic E-state index is 0.0851. The molecule has 0 spiro atoms. The Morgan fingerprint density at radius 1 is 1.44 bits per heavy atom. The van der Waals surface area contributed by atoms with Gasteiger partial charge in [-0.25, -0.2) is 21.9 Å². The lowest BCUT2D eigenvalue weighted by Gasteiger charge is -2.07. The number of hydrogen-bond donors (Lipinski definition) is 2. The number of nitrogens with two attached hydrogens (primary N) is 1. The topological polar surface area (TPSA) is 72.2 Å². The summed E-state index contributed by atoms with van der Waals surface area (Å²) in [5, 5.41) is 0. The molecular weight excluding hydrogens is 238 g/mol. The molecule has 0 saturated carbocycles. The normalized spacial score (nSPS) is 11.4. The van der Waals surface area contributed by atoms with Crippen LogP contribution in [-0.2, 0) is 10.0 Å². The molecule has 0 amide bonds. The lowest BCUT2D eigenvalue weighted by molar-refractivity contribution is 0.484. The fraction of sp³-hybridized carbons (Fsp3) is 0.111. The third-order valence-corrected chi connectivity index (χ3v) is 3.15. The molecule has 4 nitrogen and oxygen atoms in total. The van der Waals surface area contributed by atoms with Gasteiger partial charge in [-0.15, -0.1) is 6.58 Å². The van der Waals surface area contributed by atoms with Crippen molar-refractivity contribution in [1.82, 2.24) is 4.72 Å². The first kappa shape index (κ1) is 12.6. The highest BCUT2D eigenvalue weighted by atomic mass is 32.2. The highest BCUT2D eigenvalue weighted by Crippen LogP contribution is 2.20. The zero-order valence-corrected chi connectivity index (χ0v) is 9.02. The molecule has 0 heterocycles. The van der Waals surface area contributed by atoms with Gasteiger partial charge in [0.05, 0.1) is 0 Å². The summed E-state index contributed by atoms with van der Waals surface area (Å²) in [5.74, 6) is -2.76. The third kappa shape index (κ3) is 2.56. The molecule has 0 atom stereocenters. The molecule has 0 saturated heterocycles. The van der Waals surface area contributed by atoms with E-state index in [2.05, 4.69) is 6.58 Å². The van der Waals surface area contributed by atoms with Crippen LogP contribution in [0.1, 0.15) is 0 Å². The fourth-order valence-electron chi connectivity index (χ4n) is 1.03. The molecule has 1 rings (SSSR count). The SMILES string of the molecule is C=CCNS(=O)(=O)c1cc(N)cc(F)c1F. The van der Waals surface area contributed by atoms with Crippen LogP contribution >= 0.6 is 0 Å². The molecule has 16 heavy (non-hydrogen) atoms. The second kappa shape index (κ2) is 4.58. The summed E-state index contributed by atoms with van der Waals surface area (Å²) in [5.41, 5.74) is 5.07. The average molecular weight is 248 g/mol. The Hall–Kier alpha value is -1.47. The van der Waals surface area contributed by atoms with Gasteiger partial charge in [0, 0.05) is 12.2 Å². The number of nitrogen functional groups attached to an aromatic ring is 1. The molecule has 1 aromatic rings.